The van der Waals surface area contributed by atoms with Crippen molar-refractivity contribution >= 4 is 26.4 Å². The average Bonchev–Trinajstić information content (AvgIpc) is 2.83. The molecule has 5 nitrogen and oxygen atoms in total. The number of H-pyrrole nitrogens is 1. The molecule has 1 aromatic rings. The first-order chi connectivity index (χ1) is 8.70. The Balaban J connectivity index is 0.000000327. The van der Waals surface area contributed by atoms with Gasteiger partial charge in [0.2, 0.25) is 3.79 Å². The van der Waals surface area contributed by atoms with Gasteiger partial charge >= 0.3 is 0 Å². The highest BCUT2D eigenvalue weighted by atomic mass is 127. The smallest absolute Gasteiger partial charge is 0.206 e. The molecule has 0 aromatic carbocycles. The second kappa shape index (κ2) is 13.0. The molecule has 104 valence electrons. The Morgan fingerprint density at radius 3 is 2.83 bits per heavy atom. The van der Waals surface area contributed by atoms with Crippen LogP contribution >= 0.6 is 22.6 Å². The molecule has 18 heavy (non-hydrogen) atoms. The number of hydrogen-bond donors (Lipinski definition) is 3. The molecule has 0 radical (unpaired) electrons. The minimum Gasteiger partial charge on any atom is -0.348 e. The molecule has 4 N–H and O–H groups in total. The molecule has 1 heterocycles. The molecule has 0 aliphatic carbocycles. The molecule has 0 saturated heterocycles. The van der Waals surface area contributed by atoms with Crippen LogP contribution in [0.3, 0.4) is 0 Å². The molecule has 0 saturated carbocycles. The lowest BCUT2D eigenvalue weighted by molar-refractivity contribution is -0.108. The Labute approximate surface area is 122 Å². The number of aromatic amines is 1. The first-order valence-electron chi connectivity index (χ1n) is 6.27. The summed E-state index contributed by atoms with van der Waals surface area (Å²) < 4.78 is 0.189. The summed E-state index contributed by atoms with van der Waals surface area (Å²) in [5.41, 5.74) is 6.38. The number of nitrogens with two attached hydrogens (primary N) is 1. The molecule has 0 fully saturated rings. The van der Waals surface area contributed by atoms with Gasteiger partial charge in [0.25, 0.3) is 0 Å². The van der Waals surface area contributed by atoms with Gasteiger partial charge in [-0.25, -0.2) is 4.98 Å². The van der Waals surface area contributed by atoms with E-state index in [1.807, 2.05) is 0 Å². The number of unbranched alkanes of at least 4 members (excludes halogenated alkanes) is 2. The quantitative estimate of drug-likeness (QED) is 0.371. The molecule has 6 heteroatoms. The zero-order chi connectivity index (χ0) is 13.6. The predicted octanol–water partition coefficient (Wildman–Crippen LogP) is 1.64. The summed E-state index contributed by atoms with van der Waals surface area (Å²) in [5, 5.41) is 3.06. The third kappa shape index (κ3) is 12.0. The molecule has 0 bridgehead atoms. The van der Waals surface area contributed by atoms with Crippen LogP contribution in [0.25, 0.3) is 0 Å². The van der Waals surface area contributed by atoms with Crippen molar-refractivity contribution in [2.75, 3.05) is 19.6 Å². The monoisotopic (exact) mass is 366 g/mol. The molecule has 0 aliphatic heterocycles. The standard InChI is InChI=1S/C7H14INO.C5H9N3/c1-2-3-4-5-9-6-7(8)10;6-2-1-5-3-7-4-8-5/h9H,2-6H2,1H3;3-4H,1-2,6H2,(H,7,8). The zero-order valence-electron chi connectivity index (χ0n) is 10.9. The maximum atomic E-state index is 10.4. The van der Waals surface area contributed by atoms with E-state index in [1.54, 1.807) is 35.1 Å². The van der Waals surface area contributed by atoms with Gasteiger partial charge in [-0.3, -0.25) is 4.79 Å². The summed E-state index contributed by atoms with van der Waals surface area (Å²) in [4.78, 5) is 17.2. The van der Waals surface area contributed by atoms with Crippen LogP contribution in [-0.2, 0) is 11.2 Å². The molecule has 0 aliphatic rings. The van der Waals surface area contributed by atoms with Crippen LogP contribution in [-0.4, -0.2) is 33.4 Å². The number of nitrogens with zero attached hydrogens (tertiary/aromatic N) is 1. The minimum absolute atomic E-state index is 0.189. The summed E-state index contributed by atoms with van der Waals surface area (Å²) in [6, 6.07) is 0. The lowest BCUT2D eigenvalue weighted by Crippen LogP contribution is -2.20. The molecule has 0 atom stereocenters. The van der Waals surface area contributed by atoms with Gasteiger partial charge in [-0.1, -0.05) is 19.8 Å². The minimum atomic E-state index is 0.189. The van der Waals surface area contributed by atoms with Crippen LogP contribution in [0.5, 0.6) is 0 Å². The highest BCUT2D eigenvalue weighted by Gasteiger charge is 1.91. The third-order valence-electron chi connectivity index (χ3n) is 2.19. The Morgan fingerprint density at radius 1 is 1.56 bits per heavy atom. The van der Waals surface area contributed by atoms with Gasteiger partial charge in [-0.15, -0.1) is 0 Å². The normalized spacial score (nSPS) is 9.72. The van der Waals surface area contributed by atoms with Crippen molar-refractivity contribution in [2.24, 2.45) is 5.73 Å². The summed E-state index contributed by atoms with van der Waals surface area (Å²) in [5.74, 6) is 0. The number of aromatic nitrogens is 2. The van der Waals surface area contributed by atoms with Crippen molar-refractivity contribution in [1.82, 2.24) is 15.3 Å². The van der Waals surface area contributed by atoms with E-state index in [0.717, 1.165) is 18.7 Å². The van der Waals surface area contributed by atoms with Crippen LogP contribution in [0.1, 0.15) is 31.9 Å². The Morgan fingerprint density at radius 2 is 2.33 bits per heavy atom. The number of nitrogens with one attached hydrogen (secondary N) is 2. The third-order valence-corrected chi connectivity index (χ3v) is 2.57. The van der Waals surface area contributed by atoms with Gasteiger partial charge in [-0.2, -0.15) is 0 Å². The summed E-state index contributed by atoms with van der Waals surface area (Å²) in [6.07, 6.45) is 8.00. The van der Waals surface area contributed by atoms with Crippen molar-refractivity contribution in [3.05, 3.63) is 18.2 Å². The van der Waals surface area contributed by atoms with E-state index in [0.29, 0.717) is 13.1 Å². The molecule has 1 rings (SSSR count). The maximum absolute atomic E-state index is 10.4. The van der Waals surface area contributed by atoms with Gasteiger partial charge < -0.3 is 16.0 Å². The second-order valence-corrected chi connectivity index (χ2v) is 5.06. The van der Waals surface area contributed by atoms with Gasteiger partial charge in [0, 0.05) is 40.9 Å². The number of rotatable bonds is 8. The molecule has 0 spiro atoms. The van der Waals surface area contributed by atoms with Crippen LogP contribution in [0.2, 0.25) is 0 Å². The number of halogens is 1. The summed E-state index contributed by atoms with van der Waals surface area (Å²) >= 11 is 1.80. The Hall–Kier alpha value is -0.470. The maximum Gasteiger partial charge on any atom is 0.206 e. The van der Waals surface area contributed by atoms with Crippen molar-refractivity contribution in [3.63, 3.8) is 0 Å². The zero-order valence-corrected chi connectivity index (χ0v) is 13.1. The second-order valence-electron chi connectivity index (χ2n) is 3.85. The molecular formula is C12H23IN4O. The van der Waals surface area contributed by atoms with Crippen molar-refractivity contribution in [3.8, 4) is 0 Å². The molecule has 0 amide bonds. The number of imidazole rings is 1. The number of carbonyl (C=O) groups excluding carboxylic acids is 1. The number of hydrogen-bond acceptors (Lipinski definition) is 4. The van der Waals surface area contributed by atoms with Gasteiger partial charge in [0.15, 0.2) is 0 Å². The van der Waals surface area contributed by atoms with Crippen LogP contribution in [0, 0.1) is 0 Å². The van der Waals surface area contributed by atoms with E-state index in [1.165, 1.54) is 19.3 Å². The topological polar surface area (TPSA) is 83.8 Å². The Kier molecular flexibility index (Phi) is 12.6. The SMILES string of the molecule is CCCCCNCC(=O)I.NCCc1cnc[nH]1. The van der Waals surface area contributed by atoms with E-state index in [9.17, 15) is 4.79 Å². The van der Waals surface area contributed by atoms with Gasteiger partial charge in [0.1, 0.15) is 0 Å². The highest BCUT2D eigenvalue weighted by molar-refractivity contribution is 14.1. The lowest BCUT2D eigenvalue weighted by Gasteiger charge is -1.98. The highest BCUT2D eigenvalue weighted by Crippen LogP contribution is 1.91. The molecule has 1 aromatic heterocycles. The van der Waals surface area contributed by atoms with E-state index in [-0.39, 0.29) is 3.79 Å². The van der Waals surface area contributed by atoms with E-state index in [2.05, 4.69) is 22.2 Å². The fourth-order valence-electron chi connectivity index (χ4n) is 1.26. The molecular weight excluding hydrogens is 343 g/mol. The largest absolute Gasteiger partial charge is 0.348 e. The number of carbonyl (C=O) groups is 1. The lowest BCUT2D eigenvalue weighted by atomic mass is 10.2. The van der Waals surface area contributed by atoms with Crippen LogP contribution in [0.15, 0.2) is 12.5 Å². The molecule has 0 unspecified atom stereocenters. The van der Waals surface area contributed by atoms with E-state index in [4.69, 9.17) is 5.73 Å². The fraction of sp³-hybridized carbons (Fsp3) is 0.667. The summed E-state index contributed by atoms with van der Waals surface area (Å²) in [7, 11) is 0. The summed E-state index contributed by atoms with van der Waals surface area (Å²) in [6.45, 7) is 4.35. The van der Waals surface area contributed by atoms with E-state index >= 15 is 0 Å². The van der Waals surface area contributed by atoms with Crippen molar-refractivity contribution in [2.45, 2.75) is 32.6 Å². The van der Waals surface area contributed by atoms with Crippen LogP contribution in [0.4, 0.5) is 0 Å². The van der Waals surface area contributed by atoms with Gasteiger partial charge in [-0.05, 0) is 19.5 Å². The first kappa shape index (κ1) is 17.5. The Bertz CT molecular complexity index is 290. The predicted molar refractivity (Wildman–Crippen MR) is 82.8 cm³/mol. The average molecular weight is 366 g/mol. The van der Waals surface area contributed by atoms with Crippen LogP contribution < -0.4 is 11.1 Å². The van der Waals surface area contributed by atoms with Gasteiger partial charge in [0.05, 0.1) is 12.9 Å². The van der Waals surface area contributed by atoms with Crippen molar-refractivity contribution < 1.29 is 4.79 Å². The fourth-order valence-corrected chi connectivity index (χ4v) is 1.53. The van der Waals surface area contributed by atoms with Crippen molar-refractivity contribution in [1.29, 1.82) is 0 Å². The first-order valence-corrected chi connectivity index (χ1v) is 7.35. The van der Waals surface area contributed by atoms with E-state index < -0.39 is 0 Å².